The molecule has 6 heteroatoms. The van der Waals surface area contributed by atoms with E-state index < -0.39 is 0 Å². The summed E-state index contributed by atoms with van der Waals surface area (Å²) in [5.41, 5.74) is 1.98. The lowest BCUT2D eigenvalue weighted by atomic mass is 10.2. The Bertz CT molecular complexity index is 625. The van der Waals surface area contributed by atoms with E-state index in [2.05, 4.69) is 5.10 Å². The standard InChI is InChI=1S/C15H18ClN3O2/c1-11-13(14(16)18(2)17-11)15(21)19(8-9-20)10-12-6-4-3-5-7-12/h3-7,20H,8-10H2,1-2H3. The Morgan fingerprint density at radius 1 is 1.38 bits per heavy atom. The number of aromatic nitrogens is 2. The van der Waals surface area contributed by atoms with Crippen LogP contribution < -0.4 is 0 Å². The van der Waals surface area contributed by atoms with E-state index in [0.717, 1.165) is 5.56 Å². The van der Waals surface area contributed by atoms with E-state index >= 15 is 0 Å². The Morgan fingerprint density at radius 2 is 2.05 bits per heavy atom. The highest BCUT2D eigenvalue weighted by atomic mass is 35.5. The number of halogens is 1. The van der Waals surface area contributed by atoms with E-state index in [4.69, 9.17) is 11.6 Å². The first-order valence-electron chi connectivity index (χ1n) is 6.67. The van der Waals surface area contributed by atoms with Gasteiger partial charge >= 0.3 is 0 Å². The van der Waals surface area contributed by atoms with Gasteiger partial charge in [0, 0.05) is 20.1 Å². The van der Waals surface area contributed by atoms with E-state index in [1.54, 1.807) is 18.9 Å². The lowest BCUT2D eigenvalue weighted by molar-refractivity contribution is 0.0707. The number of aliphatic hydroxyl groups excluding tert-OH is 1. The Kier molecular flexibility index (Phi) is 4.98. The highest BCUT2D eigenvalue weighted by molar-refractivity contribution is 6.33. The minimum absolute atomic E-state index is 0.102. The number of aliphatic hydroxyl groups is 1. The number of amides is 1. The molecule has 0 atom stereocenters. The second-order valence-electron chi connectivity index (χ2n) is 4.81. The van der Waals surface area contributed by atoms with Crippen LogP contribution in [-0.4, -0.2) is 38.8 Å². The normalized spacial score (nSPS) is 10.7. The summed E-state index contributed by atoms with van der Waals surface area (Å²) in [6, 6.07) is 9.63. The van der Waals surface area contributed by atoms with E-state index in [1.807, 2.05) is 30.3 Å². The van der Waals surface area contributed by atoms with Gasteiger partial charge in [-0.1, -0.05) is 41.9 Å². The molecule has 0 saturated heterocycles. The first-order valence-corrected chi connectivity index (χ1v) is 7.05. The van der Waals surface area contributed by atoms with Crippen LogP contribution in [0.1, 0.15) is 21.6 Å². The molecular formula is C15H18ClN3O2. The molecule has 0 saturated carbocycles. The predicted octanol–water partition coefficient (Wildman–Crippen LogP) is 2.02. The van der Waals surface area contributed by atoms with Gasteiger partial charge in [0.05, 0.1) is 17.9 Å². The van der Waals surface area contributed by atoms with Crippen LogP contribution in [0.4, 0.5) is 0 Å². The summed E-state index contributed by atoms with van der Waals surface area (Å²) < 4.78 is 1.48. The number of aryl methyl sites for hydroxylation is 2. The first-order chi connectivity index (χ1) is 10.0. The highest BCUT2D eigenvalue weighted by Gasteiger charge is 2.24. The number of benzene rings is 1. The fourth-order valence-corrected chi connectivity index (χ4v) is 2.46. The molecular weight excluding hydrogens is 290 g/mol. The van der Waals surface area contributed by atoms with Crippen molar-refractivity contribution in [1.29, 1.82) is 0 Å². The third-order valence-corrected chi connectivity index (χ3v) is 3.67. The first kappa shape index (κ1) is 15.5. The van der Waals surface area contributed by atoms with E-state index in [1.165, 1.54) is 4.68 Å². The van der Waals surface area contributed by atoms with Crippen LogP contribution in [0.2, 0.25) is 5.15 Å². The van der Waals surface area contributed by atoms with Crippen LogP contribution in [-0.2, 0) is 13.6 Å². The molecule has 1 aromatic heterocycles. The summed E-state index contributed by atoms with van der Waals surface area (Å²) >= 11 is 6.15. The maximum atomic E-state index is 12.7. The molecule has 0 unspecified atom stereocenters. The molecule has 0 aliphatic carbocycles. The largest absolute Gasteiger partial charge is 0.395 e. The summed E-state index contributed by atoms with van der Waals surface area (Å²) in [6.07, 6.45) is 0. The fraction of sp³-hybridized carbons (Fsp3) is 0.333. The molecule has 0 radical (unpaired) electrons. The molecule has 0 aliphatic heterocycles. The zero-order valence-corrected chi connectivity index (χ0v) is 12.8. The molecule has 0 fully saturated rings. The summed E-state index contributed by atoms with van der Waals surface area (Å²) in [5.74, 6) is -0.219. The van der Waals surface area contributed by atoms with Crippen molar-refractivity contribution in [1.82, 2.24) is 14.7 Å². The summed E-state index contributed by atoms with van der Waals surface area (Å²) in [5, 5.41) is 13.7. The second kappa shape index (κ2) is 6.74. The maximum absolute atomic E-state index is 12.7. The van der Waals surface area contributed by atoms with Gasteiger partial charge < -0.3 is 10.0 Å². The Morgan fingerprint density at radius 3 is 2.57 bits per heavy atom. The van der Waals surface area contributed by atoms with E-state index in [0.29, 0.717) is 23.0 Å². The predicted molar refractivity (Wildman–Crippen MR) is 81.2 cm³/mol. The molecule has 1 N–H and O–H groups in total. The molecule has 21 heavy (non-hydrogen) atoms. The minimum Gasteiger partial charge on any atom is -0.395 e. The van der Waals surface area contributed by atoms with Crippen molar-refractivity contribution in [2.45, 2.75) is 13.5 Å². The topological polar surface area (TPSA) is 58.4 Å². The molecule has 0 bridgehead atoms. The van der Waals surface area contributed by atoms with Gasteiger partial charge in [-0.25, -0.2) is 0 Å². The van der Waals surface area contributed by atoms with Gasteiger partial charge in [0.2, 0.25) is 0 Å². The zero-order valence-electron chi connectivity index (χ0n) is 12.1. The van der Waals surface area contributed by atoms with Crippen molar-refractivity contribution in [3.05, 3.63) is 52.3 Å². The Balaban J connectivity index is 2.27. The number of nitrogens with zero attached hydrogens (tertiary/aromatic N) is 3. The lowest BCUT2D eigenvalue weighted by Crippen LogP contribution is -2.33. The van der Waals surface area contributed by atoms with Gasteiger partial charge in [-0.2, -0.15) is 5.10 Å². The average molecular weight is 308 g/mol. The van der Waals surface area contributed by atoms with Gasteiger partial charge in [-0.3, -0.25) is 9.48 Å². The second-order valence-corrected chi connectivity index (χ2v) is 5.17. The van der Waals surface area contributed by atoms with Crippen molar-refractivity contribution in [3.8, 4) is 0 Å². The summed E-state index contributed by atoms with van der Waals surface area (Å²) in [4.78, 5) is 14.2. The van der Waals surface area contributed by atoms with Crippen LogP contribution in [0.3, 0.4) is 0 Å². The van der Waals surface area contributed by atoms with Gasteiger partial charge in [0.25, 0.3) is 5.91 Å². The molecule has 112 valence electrons. The van der Waals surface area contributed by atoms with Crippen LogP contribution in [0, 0.1) is 6.92 Å². The molecule has 2 rings (SSSR count). The van der Waals surface area contributed by atoms with Crippen LogP contribution in [0.25, 0.3) is 0 Å². The maximum Gasteiger partial charge on any atom is 0.259 e. The van der Waals surface area contributed by atoms with E-state index in [-0.39, 0.29) is 19.1 Å². The molecule has 0 spiro atoms. The Labute approximate surface area is 128 Å². The zero-order chi connectivity index (χ0) is 15.4. The average Bonchev–Trinajstić information content (AvgIpc) is 2.72. The molecule has 1 heterocycles. The van der Waals surface area contributed by atoms with Crippen LogP contribution >= 0.6 is 11.6 Å². The minimum atomic E-state index is -0.219. The lowest BCUT2D eigenvalue weighted by Gasteiger charge is -2.22. The summed E-state index contributed by atoms with van der Waals surface area (Å²) in [7, 11) is 1.69. The number of hydrogen-bond donors (Lipinski definition) is 1. The molecule has 5 nitrogen and oxygen atoms in total. The third-order valence-electron chi connectivity index (χ3n) is 3.24. The quantitative estimate of drug-likeness (QED) is 0.919. The molecule has 1 amide bonds. The highest BCUT2D eigenvalue weighted by Crippen LogP contribution is 2.21. The van der Waals surface area contributed by atoms with Crippen LogP contribution in [0.5, 0.6) is 0 Å². The molecule has 0 aliphatic rings. The van der Waals surface area contributed by atoms with Gasteiger partial charge in [0.15, 0.2) is 0 Å². The number of carbonyl (C=O) groups excluding carboxylic acids is 1. The van der Waals surface area contributed by atoms with Crippen molar-refractivity contribution < 1.29 is 9.90 Å². The van der Waals surface area contributed by atoms with Crippen LogP contribution in [0.15, 0.2) is 30.3 Å². The van der Waals surface area contributed by atoms with Crippen molar-refractivity contribution in [3.63, 3.8) is 0 Å². The number of rotatable bonds is 5. The van der Waals surface area contributed by atoms with Gasteiger partial charge in [0.1, 0.15) is 5.15 Å². The number of hydrogen-bond acceptors (Lipinski definition) is 3. The van der Waals surface area contributed by atoms with Gasteiger partial charge in [-0.05, 0) is 12.5 Å². The third kappa shape index (κ3) is 3.43. The van der Waals surface area contributed by atoms with Crippen molar-refractivity contribution >= 4 is 17.5 Å². The SMILES string of the molecule is Cc1nn(C)c(Cl)c1C(=O)N(CCO)Cc1ccccc1. The number of carbonyl (C=O) groups is 1. The molecule has 2 aromatic rings. The summed E-state index contributed by atoms with van der Waals surface area (Å²) in [6.45, 7) is 2.32. The molecule has 1 aromatic carbocycles. The Hall–Kier alpha value is -1.85. The fourth-order valence-electron chi connectivity index (χ4n) is 2.21. The smallest absolute Gasteiger partial charge is 0.259 e. The monoisotopic (exact) mass is 307 g/mol. The van der Waals surface area contributed by atoms with Crippen molar-refractivity contribution in [2.24, 2.45) is 7.05 Å². The van der Waals surface area contributed by atoms with Crippen molar-refractivity contribution in [2.75, 3.05) is 13.2 Å². The van der Waals surface area contributed by atoms with E-state index in [9.17, 15) is 9.90 Å². The van der Waals surface area contributed by atoms with Gasteiger partial charge in [-0.15, -0.1) is 0 Å².